The summed E-state index contributed by atoms with van der Waals surface area (Å²) >= 11 is 5.93. The summed E-state index contributed by atoms with van der Waals surface area (Å²) in [6.07, 6.45) is 1.10. The first-order valence-corrected chi connectivity index (χ1v) is 6.24. The molecule has 0 saturated carbocycles. The van der Waals surface area contributed by atoms with E-state index in [1.165, 1.54) is 4.90 Å². The van der Waals surface area contributed by atoms with Gasteiger partial charge in [-0.05, 0) is 31.0 Å². The van der Waals surface area contributed by atoms with Crippen LogP contribution in [0.4, 0.5) is 5.69 Å². The van der Waals surface area contributed by atoms with E-state index in [9.17, 15) is 9.59 Å². The number of anilines is 1. The predicted molar refractivity (Wildman–Crippen MR) is 68.8 cm³/mol. The van der Waals surface area contributed by atoms with Crippen LogP contribution in [0.1, 0.15) is 18.9 Å². The van der Waals surface area contributed by atoms with E-state index in [4.69, 9.17) is 16.3 Å². The first kappa shape index (κ1) is 12.9. The van der Waals surface area contributed by atoms with Crippen molar-refractivity contribution < 1.29 is 14.3 Å². The monoisotopic (exact) mass is 267 g/mol. The van der Waals surface area contributed by atoms with E-state index >= 15 is 0 Å². The zero-order valence-corrected chi connectivity index (χ0v) is 10.9. The Labute approximate surface area is 110 Å². The van der Waals surface area contributed by atoms with Crippen molar-refractivity contribution >= 4 is 29.2 Å². The average molecular weight is 268 g/mol. The Balaban J connectivity index is 2.27. The van der Waals surface area contributed by atoms with Crippen LogP contribution >= 0.6 is 11.6 Å². The van der Waals surface area contributed by atoms with E-state index in [1.807, 2.05) is 6.07 Å². The fourth-order valence-corrected chi connectivity index (χ4v) is 2.19. The standard InChI is InChI=1S/C13H14ClNO3/c1-2-18-13(17)8-15-11-7-10(14)5-3-9(11)4-6-12(15)16/h3,5,7H,2,4,6,8H2,1H3. The summed E-state index contributed by atoms with van der Waals surface area (Å²) in [5, 5.41) is 0.553. The lowest BCUT2D eigenvalue weighted by atomic mass is 10.0. The van der Waals surface area contributed by atoms with Crippen molar-refractivity contribution in [2.45, 2.75) is 19.8 Å². The van der Waals surface area contributed by atoms with Crippen LogP contribution in [0, 0.1) is 0 Å². The lowest BCUT2D eigenvalue weighted by Crippen LogP contribution is -2.39. The number of esters is 1. The summed E-state index contributed by atoms with van der Waals surface area (Å²) in [6, 6.07) is 5.40. The van der Waals surface area contributed by atoms with Crippen molar-refractivity contribution in [3.8, 4) is 0 Å². The molecule has 0 saturated heterocycles. The van der Waals surface area contributed by atoms with E-state index in [0.29, 0.717) is 30.2 Å². The van der Waals surface area contributed by atoms with Crippen molar-refractivity contribution in [3.63, 3.8) is 0 Å². The highest BCUT2D eigenvalue weighted by atomic mass is 35.5. The van der Waals surface area contributed by atoms with Crippen LogP contribution in [0.15, 0.2) is 18.2 Å². The normalized spacial score (nSPS) is 14.3. The zero-order valence-electron chi connectivity index (χ0n) is 10.1. The second kappa shape index (κ2) is 5.40. The molecule has 0 N–H and O–H groups in total. The summed E-state index contributed by atoms with van der Waals surface area (Å²) in [4.78, 5) is 24.8. The number of carbonyl (C=O) groups is 2. The van der Waals surface area contributed by atoms with Crippen LogP contribution in [-0.2, 0) is 20.7 Å². The molecule has 0 fully saturated rings. The number of fused-ring (bicyclic) bond motifs is 1. The molecular formula is C13H14ClNO3. The van der Waals surface area contributed by atoms with Gasteiger partial charge in [-0.25, -0.2) is 0 Å². The van der Waals surface area contributed by atoms with Crippen molar-refractivity contribution in [2.24, 2.45) is 0 Å². The van der Waals surface area contributed by atoms with Crippen LogP contribution in [-0.4, -0.2) is 25.0 Å². The van der Waals surface area contributed by atoms with Gasteiger partial charge in [-0.3, -0.25) is 9.59 Å². The molecule has 5 heteroatoms. The number of hydrogen-bond donors (Lipinski definition) is 0. The molecule has 0 unspecified atom stereocenters. The maximum absolute atomic E-state index is 11.9. The maximum atomic E-state index is 11.9. The number of carbonyl (C=O) groups excluding carboxylic acids is 2. The maximum Gasteiger partial charge on any atom is 0.326 e. The molecule has 0 aliphatic carbocycles. The number of nitrogens with zero attached hydrogens (tertiary/aromatic N) is 1. The number of benzene rings is 1. The third-order valence-corrected chi connectivity index (χ3v) is 3.08. The average Bonchev–Trinajstić information content (AvgIpc) is 2.33. The molecule has 1 aliphatic rings. The first-order valence-electron chi connectivity index (χ1n) is 5.86. The van der Waals surface area contributed by atoms with Crippen LogP contribution in [0.3, 0.4) is 0 Å². The van der Waals surface area contributed by atoms with Crippen molar-refractivity contribution in [1.29, 1.82) is 0 Å². The minimum Gasteiger partial charge on any atom is -0.465 e. The van der Waals surface area contributed by atoms with Crippen LogP contribution in [0.5, 0.6) is 0 Å². The summed E-state index contributed by atoms with van der Waals surface area (Å²) in [7, 11) is 0. The number of amides is 1. The highest BCUT2D eigenvalue weighted by molar-refractivity contribution is 6.31. The summed E-state index contributed by atoms with van der Waals surface area (Å²) in [5.41, 5.74) is 1.75. The van der Waals surface area contributed by atoms with Gasteiger partial charge >= 0.3 is 5.97 Å². The zero-order chi connectivity index (χ0) is 13.1. The first-order chi connectivity index (χ1) is 8.61. The fraction of sp³-hybridized carbons (Fsp3) is 0.385. The second-order valence-electron chi connectivity index (χ2n) is 4.06. The highest BCUT2D eigenvalue weighted by Gasteiger charge is 2.26. The second-order valence-corrected chi connectivity index (χ2v) is 4.49. The lowest BCUT2D eigenvalue weighted by molar-refractivity contribution is -0.142. The molecular weight excluding hydrogens is 254 g/mol. The Morgan fingerprint density at radius 2 is 2.22 bits per heavy atom. The summed E-state index contributed by atoms with van der Waals surface area (Å²) in [5.74, 6) is -0.475. The Morgan fingerprint density at radius 3 is 2.94 bits per heavy atom. The molecule has 0 aromatic heterocycles. The van der Waals surface area contributed by atoms with Crippen molar-refractivity contribution in [2.75, 3.05) is 18.1 Å². The van der Waals surface area contributed by atoms with Gasteiger partial charge in [-0.1, -0.05) is 17.7 Å². The summed E-state index contributed by atoms with van der Waals surface area (Å²) < 4.78 is 4.87. The Morgan fingerprint density at radius 1 is 1.44 bits per heavy atom. The quantitative estimate of drug-likeness (QED) is 0.789. The molecule has 0 bridgehead atoms. The van der Waals surface area contributed by atoms with Gasteiger partial charge in [0.1, 0.15) is 6.54 Å². The minimum atomic E-state index is -0.404. The van der Waals surface area contributed by atoms with Gasteiger partial charge in [0.05, 0.1) is 6.61 Å². The third-order valence-electron chi connectivity index (χ3n) is 2.84. The largest absolute Gasteiger partial charge is 0.465 e. The van der Waals surface area contributed by atoms with E-state index < -0.39 is 5.97 Å². The van der Waals surface area contributed by atoms with Crippen molar-refractivity contribution in [3.05, 3.63) is 28.8 Å². The van der Waals surface area contributed by atoms with E-state index in [2.05, 4.69) is 0 Å². The van der Waals surface area contributed by atoms with Gasteiger partial charge in [0.2, 0.25) is 5.91 Å². The predicted octanol–water partition coefficient (Wildman–Crippen LogP) is 2.18. The molecule has 1 amide bonds. The Kier molecular flexibility index (Phi) is 3.87. The van der Waals surface area contributed by atoms with Gasteiger partial charge < -0.3 is 9.64 Å². The molecule has 1 aromatic rings. The lowest BCUT2D eigenvalue weighted by Gasteiger charge is -2.28. The van der Waals surface area contributed by atoms with E-state index in [-0.39, 0.29) is 12.5 Å². The molecule has 1 heterocycles. The van der Waals surface area contributed by atoms with E-state index in [0.717, 1.165) is 5.56 Å². The van der Waals surface area contributed by atoms with Crippen LogP contribution in [0.25, 0.3) is 0 Å². The molecule has 96 valence electrons. The molecule has 1 aliphatic heterocycles. The highest BCUT2D eigenvalue weighted by Crippen LogP contribution is 2.30. The number of ether oxygens (including phenoxy) is 1. The molecule has 2 rings (SSSR count). The molecule has 0 atom stereocenters. The molecule has 0 radical (unpaired) electrons. The minimum absolute atomic E-state index is 0.0555. The Bertz CT molecular complexity index is 487. The SMILES string of the molecule is CCOC(=O)CN1C(=O)CCc2ccc(Cl)cc21. The smallest absolute Gasteiger partial charge is 0.326 e. The number of aryl methyl sites for hydroxylation is 1. The fourth-order valence-electron chi connectivity index (χ4n) is 2.02. The van der Waals surface area contributed by atoms with Gasteiger partial charge in [0.25, 0.3) is 0 Å². The Hall–Kier alpha value is -1.55. The number of halogens is 1. The third kappa shape index (κ3) is 2.64. The van der Waals surface area contributed by atoms with Gasteiger partial charge in [-0.2, -0.15) is 0 Å². The van der Waals surface area contributed by atoms with E-state index in [1.54, 1.807) is 19.1 Å². The molecule has 0 spiro atoms. The van der Waals surface area contributed by atoms with Gasteiger partial charge in [0.15, 0.2) is 0 Å². The number of rotatable bonds is 3. The molecule has 18 heavy (non-hydrogen) atoms. The van der Waals surface area contributed by atoms with Crippen LogP contribution in [0.2, 0.25) is 5.02 Å². The number of hydrogen-bond acceptors (Lipinski definition) is 3. The van der Waals surface area contributed by atoms with Gasteiger partial charge in [0, 0.05) is 17.1 Å². The van der Waals surface area contributed by atoms with Crippen molar-refractivity contribution in [1.82, 2.24) is 0 Å². The molecule has 4 nitrogen and oxygen atoms in total. The topological polar surface area (TPSA) is 46.6 Å². The molecule has 1 aromatic carbocycles. The van der Waals surface area contributed by atoms with Crippen LogP contribution < -0.4 is 4.90 Å². The van der Waals surface area contributed by atoms with Gasteiger partial charge in [-0.15, -0.1) is 0 Å². The summed E-state index contributed by atoms with van der Waals surface area (Å²) in [6.45, 7) is 1.99.